The van der Waals surface area contributed by atoms with Crippen LogP contribution in [0.1, 0.15) is 12.6 Å². The lowest BCUT2D eigenvalue weighted by atomic mass is 10.2. The van der Waals surface area contributed by atoms with Gasteiger partial charge in [0, 0.05) is 25.9 Å². The van der Waals surface area contributed by atoms with Gasteiger partial charge < -0.3 is 14.5 Å². The molecule has 1 aliphatic heterocycles. The van der Waals surface area contributed by atoms with Crippen LogP contribution < -0.4 is 9.64 Å². The Morgan fingerprint density at radius 2 is 2.10 bits per heavy atom. The highest BCUT2D eigenvalue weighted by Crippen LogP contribution is 2.32. The van der Waals surface area contributed by atoms with Gasteiger partial charge in [0.25, 0.3) is 0 Å². The molecule has 1 aromatic carbocycles. The molecule has 1 amide bonds. The lowest BCUT2D eigenvalue weighted by Gasteiger charge is -2.37. The topological polar surface area (TPSA) is 50.1 Å². The second kappa shape index (κ2) is 8.17. The second-order valence-corrected chi connectivity index (χ2v) is 7.37. The largest absolute Gasteiger partial charge is 0.485 e. The highest BCUT2D eigenvalue weighted by atomic mass is 35.5. The van der Waals surface area contributed by atoms with Gasteiger partial charge in [-0.15, -0.1) is 0 Å². The first-order valence-corrected chi connectivity index (χ1v) is 10.0. The average Bonchev–Trinajstić information content (AvgIpc) is 3.06. The number of ether oxygens (including phenoxy) is 1. The van der Waals surface area contributed by atoms with Gasteiger partial charge in [-0.2, -0.15) is 0 Å². The summed E-state index contributed by atoms with van der Waals surface area (Å²) >= 11 is 6.23. The van der Waals surface area contributed by atoms with Crippen molar-refractivity contribution in [1.82, 2.24) is 14.3 Å². The van der Waals surface area contributed by atoms with Gasteiger partial charge in [0.15, 0.2) is 5.15 Å². The van der Waals surface area contributed by atoms with Crippen LogP contribution in [0.25, 0.3) is 11.7 Å². The molecule has 0 unspecified atom stereocenters. The number of benzene rings is 1. The number of hydrogen-bond acceptors (Lipinski definition) is 4. The van der Waals surface area contributed by atoms with Crippen molar-refractivity contribution in [1.29, 1.82) is 0 Å². The zero-order valence-corrected chi connectivity index (χ0v) is 17.2. The predicted molar refractivity (Wildman–Crippen MR) is 116 cm³/mol. The summed E-state index contributed by atoms with van der Waals surface area (Å²) in [4.78, 5) is 20.9. The fraction of sp³-hybridized carbons (Fsp3) is 0.273. The lowest BCUT2D eigenvalue weighted by Crippen LogP contribution is -2.46. The van der Waals surface area contributed by atoms with E-state index in [1.807, 2.05) is 47.0 Å². The van der Waals surface area contributed by atoms with Gasteiger partial charge in [0.1, 0.15) is 17.5 Å². The molecule has 0 radical (unpaired) electrons. The molecule has 0 saturated carbocycles. The number of halogens is 1. The molecule has 29 heavy (non-hydrogen) atoms. The van der Waals surface area contributed by atoms with Crippen LogP contribution in [0.15, 0.2) is 54.7 Å². The number of anilines is 1. The maximum absolute atomic E-state index is 12.7. The summed E-state index contributed by atoms with van der Waals surface area (Å²) in [5, 5.41) is 0.369. The van der Waals surface area contributed by atoms with Crippen LogP contribution in [0.3, 0.4) is 0 Å². The van der Waals surface area contributed by atoms with Crippen molar-refractivity contribution in [3.8, 4) is 5.75 Å². The molecule has 3 heterocycles. The van der Waals surface area contributed by atoms with Gasteiger partial charge in [0.05, 0.1) is 24.5 Å². The molecule has 1 atom stereocenters. The lowest BCUT2D eigenvalue weighted by molar-refractivity contribution is -0.125. The molecule has 6 nitrogen and oxygen atoms in total. The number of pyridine rings is 1. The molecule has 0 saturated heterocycles. The summed E-state index contributed by atoms with van der Waals surface area (Å²) in [6, 6.07) is 13.7. The van der Waals surface area contributed by atoms with E-state index in [4.69, 9.17) is 16.3 Å². The molecule has 1 aliphatic rings. The van der Waals surface area contributed by atoms with E-state index >= 15 is 0 Å². The third kappa shape index (κ3) is 3.93. The fourth-order valence-corrected chi connectivity index (χ4v) is 3.82. The van der Waals surface area contributed by atoms with Crippen molar-refractivity contribution in [3.63, 3.8) is 0 Å². The number of nitrogens with zero attached hydrogens (tertiary/aromatic N) is 4. The summed E-state index contributed by atoms with van der Waals surface area (Å²) in [7, 11) is 1.78. The third-order valence-corrected chi connectivity index (χ3v) is 5.34. The minimum atomic E-state index is -0.113. The van der Waals surface area contributed by atoms with Crippen LogP contribution in [-0.4, -0.2) is 53.0 Å². The van der Waals surface area contributed by atoms with Crippen LogP contribution in [0.4, 0.5) is 5.69 Å². The van der Waals surface area contributed by atoms with Gasteiger partial charge in [0.2, 0.25) is 5.91 Å². The molecular formula is C22H23ClN4O2. The molecule has 150 valence electrons. The Morgan fingerprint density at radius 1 is 1.31 bits per heavy atom. The number of carbonyl (C=O) groups is 1. The van der Waals surface area contributed by atoms with Crippen LogP contribution >= 0.6 is 11.6 Å². The van der Waals surface area contributed by atoms with Crippen LogP contribution in [0, 0.1) is 0 Å². The predicted octanol–water partition coefficient (Wildman–Crippen LogP) is 3.75. The Morgan fingerprint density at radius 3 is 2.93 bits per heavy atom. The number of amides is 1. The smallest absolute Gasteiger partial charge is 0.246 e. The number of hydrogen-bond donors (Lipinski definition) is 0. The molecular weight excluding hydrogens is 388 g/mol. The Bertz CT molecular complexity index is 1060. The molecule has 3 aromatic rings. The number of fused-ring (bicyclic) bond motifs is 2. The molecule has 4 rings (SSSR count). The SMILES string of the molecule is CCN1C[C@@H](CN(C)C(=O)/C=C/c2c(Cl)nc3ccccn23)Oc2ccccc21. The summed E-state index contributed by atoms with van der Waals surface area (Å²) in [6.45, 7) is 4.25. The number of rotatable bonds is 5. The summed E-state index contributed by atoms with van der Waals surface area (Å²) in [5.74, 6) is 0.747. The molecule has 2 aromatic heterocycles. The van der Waals surface area contributed by atoms with Crippen molar-refractivity contribution in [2.24, 2.45) is 0 Å². The standard InChI is InChI=1S/C22H23ClN4O2/c1-3-26-15-16(29-19-9-5-4-8-17(19)26)14-25(2)21(28)12-11-18-22(23)24-20-10-6-7-13-27(18)20/h4-13,16H,3,14-15H2,1-2H3/b12-11+/t16-/m1/s1. The number of carbonyl (C=O) groups excluding carboxylic acids is 1. The normalized spacial score (nSPS) is 16.1. The van der Waals surface area contributed by atoms with E-state index in [-0.39, 0.29) is 12.0 Å². The fourth-order valence-electron chi connectivity index (χ4n) is 3.58. The van der Waals surface area contributed by atoms with Gasteiger partial charge in [-0.3, -0.25) is 9.20 Å². The zero-order valence-electron chi connectivity index (χ0n) is 16.5. The van der Waals surface area contributed by atoms with E-state index in [1.54, 1.807) is 18.0 Å². The third-order valence-electron chi connectivity index (χ3n) is 5.06. The molecule has 7 heteroatoms. The van der Waals surface area contributed by atoms with Crippen LogP contribution in [0.2, 0.25) is 5.15 Å². The number of para-hydroxylation sites is 2. The Balaban J connectivity index is 1.45. The number of imidazole rings is 1. The van der Waals surface area contributed by atoms with E-state index < -0.39 is 0 Å². The Kier molecular flexibility index (Phi) is 5.45. The van der Waals surface area contributed by atoms with E-state index in [1.165, 1.54) is 6.08 Å². The van der Waals surface area contributed by atoms with Gasteiger partial charge >= 0.3 is 0 Å². The van der Waals surface area contributed by atoms with Gasteiger partial charge in [-0.05, 0) is 37.3 Å². The van der Waals surface area contributed by atoms with Crippen molar-refractivity contribution in [3.05, 3.63) is 65.6 Å². The first kappa shape index (κ1) is 19.3. The quantitative estimate of drug-likeness (QED) is 0.601. The highest BCUT2D eigenvalue weighted by molar-refractivity contribution is 6.31. The first-order valence-electron chi connectivity index (χ1n) is 9.63. The summed E-state index contributed by atoms with van der Waals surface area (Å²) in [6.07, 6.45) is 5.01. The Labute approximate surface area is 175 Å². The van der Waals surface area contributed by atoms with E-state index in [2.05, 4.69) is 22.9 Å². The molecule has 0 bridgehead atoms. The number of likely N-dealkylation sites (N-methyl/N-ethyl adjacent to an activating group) is 2. The monoisotopic (exact) mass is 410 g/mol. The highest BCUT2D eigenvalue weighted by Gasteiger charge is 2.26. The Hall–Kier alpha value is -2.99. The van der Waals surface area contributed by atoms with E-state index in [0.717, 1.165) is 30.2 Å². The molecule has 0 spiro atoms. The minimum Gasteiger partial charge on any atom is -0.485 e. The maximum Gasteiger partial charge on any atom is 0.246 e. The average molecular weight is 411 g/mol. The van der Waals surface area contributed by atoms with Crippen molar-refractivity contribution in [2.45, 2.75) is 13.0 Å². The zero-order chi connectivity index (χ0) is 20.4. The van der Waals surface area contributed by atoms with Crippen molar-refractivity contribution < 1.29 is 9.53 Å². The van der Waals surface area contributed by atoms with Crippen molar-refractivity contribution >= 4 is 34.9 Å². The van der Waals surface area contributed by atoms with E-state index in [0.29, 0.717) is 17.4 Å². The van der Waals surface area contributed by atoms with Crippen molar-refractivity contribution in [2.75, 3.05) is 31.6 Å². The number of aromatic nitrogens is 2. The van der Waals surface area contributed by atoms with Crippen LogP contribution in [-0.2, 0) is 4.79 Å². The summed E-state index contributed by atoms with van der Waals surface area (Å²) in [5.41, 5.74) is 2.53. The molecule has 0 aliphatic carbocycles. The molecule has 0 N–H and O–H groups in total. The maximum atomic E-state index is 12.7. The van der Waals surface area contributed by atoms with Gasteiger partial charge in [-0.25, -0.2) is 4.98 Å². The van der Waals surface area contributed by atoms with Gasteiger partial charge in [-0.1, -0.05) is 29.8 Å². The minimum absolute atomic E-state index is 0.0911. The van der Waals surface area contributed by atoms with Crippen LogP contribution in [0.5, 0.6) is 5.75 Å². The molecule has 0 fully saturated rings. The first-order chi connectivity index (χ1) is 14.1. The van der Waals surface area contributed by atoms with E-state index in [9.17, 15) is 4.79 Å². The summed E-state index contributed by atoms with van der Waals surface area (Å²) < 4.78 is 7.97. The second-order valence-electron chi connectivity index (χ2n) is 7.02.